The summed E-state index contributed by atoms with van der Waals surface area (Å²) < 4.78 is 22.7. The van der Waals surface area contributed by atoms with Gasteiger partial charge in [-0.1, -0.05) is 17.7 Å². The molecule has 5 aromatic rings. The Kier molecular flexibility index (Phi) is 6.52. The molecule has 36 heavy (non-hydrogen) atoms. The summed E-state index contributed by atoms with van der Waals surface area (Å²) in [5.74, 6) is 1.29. The average molecular weight is 503 g/mol. The van der Waals surface area contributed by atoms with Gasteiger partial charge in [-0.2, -0.15) is 0 Å². The number of rotatable bonds is 7. The van der Waals surface area contributed by atoms with Crippen LogP contribution in [0.5, 0.6) is 5.75 Å². The number of hydrogen-bond donors (Lipinski definition) is 1. The molecule has 5 rings (SSSR count). The first-order chi connectivity index (χ1) is 17.4. The minimum atomic E-state index is -0.383. The number of aromatic nitrogens is 5. The second-order valence-electron chi connectivity index (χ2n) is 8.59. The van der Waals surface area contributed by atoms with E-state index in [0.717, 1.165) is 17.0 Å². The topological polar surface area (TPSA) is 77.8 Å². The van der Waals surface area contributed by atoms with E-state index < -0.39 is 0 Å². The first kappa shape index (κ1) is 23.7. The smallest absolute Gasteiger partial charge is 0.227 e. The van der Waals surface area contributed by atoms with Gasteiger partial charge in [0, 0.05) is 29.7 Å². The zero-order valence-electron chi connectivity index (χ0n) is 20.0. The molecule has 2 aromatic carbocycles. The molecule has 1 N–H and O–H groups in total. The fourth-order valence-corrected chi connectivity index (χ4v) is 4.34. The molecule has 0 atom stereocenters. The van der Waals surface area contributed by atoms with Gasteiger partial charge in [0.2, 0.25) is 5.95 Å². The van der Waals surface area contributed by atoms with E-state index in [1.807, 2.05) is 55.7 Å². The standard InChI is InChI=1S/C27H24ClFN6O/c1-16(2)35-17(3)32-26-22(29)12-18(13-24(26)35)23-9-11-31-27(34-23)33-19-7-8-25(21(28)14-19)36-15-20-6-4-5-10-30-20/h4-14,16H,15H2,1-3H3,(H,31,33,34). The van der Waals surface area contributed by atoms with Crippen molar-refractivity contribution in [3.8, 4) is 17.0 Å². The van der Waals surface area contributed by atoms with Crippen LogP contribution in [0.25, 0.3) is 22.3 Å². The molecule has 3 heterocycles. The van der Waals surface area contributed by atoms with Gasteiger partial charge in [0.1, 0.15) is 23.7 Å². The summed E-state index contributed by atoms with van der Waals surface area (Å²) >= 11 is 6.43. The Labute approximate surface area is 213 Å². The first-order valence-electron chi connectivity index (χ1n) is 11.5. The normalized spacial score (nSPS) is 11.3. The monoisotopic (exact) mass is 502 g/mol. The molecular weight excluding hydrogens is 479 g/mol. The number of imidazole rings is 1. The molecule has 0 saturated heterocycles. The van der Waals surface area contributed by atoms with E-state index in [-0.39, 0.29) is 11.9 Å². The van der Waals surface area contributed by atoms with Crippen molar-refractivity contribution in [1.82, 2.24) is 24.5 Å². The van der Waals surface area contributed by atoms with Gasteiger partial charge in [-0.15, -0.1) is 0 Å². The Hall–Kier alpha value is -4.04. The van der Waals surface area contributed by atoms with E-state index in [0.29, 0.717) is 45.8 Å². The van der Waals surface area contributed by atoms with Crippen LogP contribution in [-0.4, -0.2) is 24.5 Å². The van der Waals surface area contributed by atoms with E-state index in [2.05, 4.69) is 25.3 Å². The highest BCUT2D eigenvalue weighted by Gasteiger charge is 2.16. The van der Waals surface area contributed by atoms with Gasteiger partial charge >= 0.3 is 0 Å². The number of ether oxygens (including phenoxy) is 1. The fraction of sp³-hybridized carbons (Fsp3) is 0.185. The number of fused-ring (bicyclic) bond motifs is 1. The summed E-state index contributed by atoms with van der Waals surface area (Å²) in [4.78, 5) is 17.5. The fourth-order valence-electron chi connectivity index (χ4n) is 4.11. The van der Waals surface area contributed by atoms with E-state index in [1.165, 1.54) is 6.07 Å². The molecule has 7 nitrogen and oxygen atoms in total. The van der Waals surface area contributed by atoms with Crippen LogP contribution in [0, 0.1) is 12.7 Å². The van der Waals surface area contributed by atoms with Crippen LogP contribution in [0.1, 0.15) is 31.4 Å². The molecule has 0 unspecified atom stereocenters. The average Bonchev–Trinajstić information content (AvgIpc) is 3.21. The number of anilines is 2. The largest absolute Gasteiger partial charge is 0.486 e. The molecule has 0 fully saturated rings. The van der Waals surface area contributed by atoms with Gasteiger partial charge in [-0.05, 0) is 69.3 Å². The van der Waals surface area contributed by atoms with E-state index in [4.69, 9.17) is 16.3 Å². The third-order valence-electron chi connectivity index (χ3n) is 5.68. The SMILES string of the molecule is Cc1nc2c(F)cc(-c3ccnc(Nc4ccc(OCc5ccccn5)c(Cl)c4)n3)cc2n1C(C)C. The Morgan fingerprint density at radius 3 is 2.64 bits per heavy atom. The van der Waals surface area contributed by atoms with E-state index in [9.17, 15) is 4.39 Å². The van der Waals surface area contributed by atoms with Crippen molar-refractivity contribution in [2.75, 3.05) is 5.32 Å². The van der Waals surface area contributed by atoms with Crippen LogP contribution in [0.4, 0.5) is 16.0 Å². The minimum Gasteiger partial charge on any atom is -0.486 e. The summed E-state index contributed by atoms with van der Waals surface area (Å²) in [6, 6.07) is 16.2. The lowest BCUT2D eigenvalue weighted by Gasteiger charge is -2.12. The Morgan fingerprint density at radius 2 is 1.89 bits per heavy atom. The van der Waals surface area contributed by atoms with Crippen LogP contribution in [-0.2, 0) is 6.61 Å². The van der Waals surface area contributed by atoms with Gasteiger partial charge < -0.3 is 14.6 Å². The number of aryl methyl sites for hydroxylation is 1. The second-order valence-corrected chi connectivity index (χ2v) is 9.00. The molecule has 0 radical (unpaired) electrons. The molecule has 3 aromatic heterocycles. The number of halogens is 2. The number of hydrogen-bond acceptors (Lipinski definition) is 6. The molecule has 0 spiro atoms. The third kappa shape index (κ3) is 4.85. The maximum absolute atomic E-state index is 14.9. The maximum atomic E-state index is 14.9. The van der Waals surface area contributed by atoms with Crippen LogP contribution in [0.15, 0.2) is 67.0 Å². The molecule has 0 aliphatic rings. The highest BCUT2D eigenvalue weighted by molar-refractivity contribution is 6.32. The maximum Gasteiger partial charge on any atom is 0.227 e. The van der Waals surface area contributed by atoms with Crippen molar-refractivity contribution < 1.29 is 9.13 Å². The molecular formula is C27H24ClFN6O. The zero-order valence-corrected chi connectivity index (χ0v) is 20.8. The highest BCUT2D eigenvalue weighted by atomic mass is 35.5. The first-order valence-corrected chi connectivity index (χ1v) is 11.9. The second kappa shape index (κ2) is 9.91. The van der Waals surface area contributed by atoms with Gasteiger partial charge in [0.25, 0.3) is 0 Å². The minimum absolute atomic E-state index is 0.146. The highest BCUT2D eigenvalue weighted by Crippen LogP contribution is 2.31. The summed E-state index contributed by atoms with van der Waals surface area (Å²) in [5.41, 5.74) is 3.82. The van der Waals surface area contributed by atoms with Crippen LogP contribution >= 0.6 is 11.6 Å². The van der Waals surface area contributed by atoms with Gasteiger partial charge in [0.05, 0.1) is 21.9 Å². The molecule has 0 aliphatic heterocycles. The number of nitrogens with zero attached hydrogens (tertiary/aromatic N) is 5. The van der Waals surface area contributed by atoms with Crippen molar-refractivity contribution >= 4 is 34.3 Å². The predicted molar refractivity (Wildman–Crippen MR) is 139 cm³/mol. The summed E-state index contributed by atoms with van der Waals surface area (Å²) in [6.45, 7) is 6.29. The van der Waals surface area contributed by atoms with Crippen LogP contribution in [0.2, 0.25) is 5.02 Å². The number of pyridine rings is 1. The van der Waals surface area contributed by atoms with Crippen LogP contribution in [0.3, 0.4) is 0 Å². The lowest BCUT2D eigenvalue weighted by molar-refractivity contribution is 0.301. The summed E-state index contributed by atoms with van der Waals surface area (Å²) in [6.07, 6.45) is 3.34. The number of nitrogens with one attached hydrogen (secondary N) is 1. The lowest BCUT2D eigenvalue weighted by atomic mass is 10.1. The molecule has 9 heteroatoms. The molecule has 0 amide bonds. The van der Waals surface area contributed by atoms with Crippen molar-refractivity contribution in [2.45, 2.75) is 33.4 Å². The van der Waals surface area contributed by atoms with Gasteiger partial charge in [0.15, 0.2) is 5.82 Å². The zero-order chi connectivity index (χ0) is 25.2. The van der Waals surface area contributed by atoms with Gasteiger partial charge in [-0.25, -0.2) is 19.3 Å². The van der Waals surface area contributed by atoms with E-state index in [1.54, 1.807) is 30.6 Å². The Balaban J connectivity index is 1.38. The van der Waals surface area contributed by atoms with Crippen molar-refractivity contribution in [3.05, 3.63) is 89.3 Å². The van der Waals surface area contributed by atoms with Crippen molar-refractivity contribution in [3.63, 3.8) is 0 Å². The van der Waals surface area contributed by atoms with Crippen molar-refractivity contribution in [1.29, 1.82) is 0 Å². The third-order valence-corrected chi connectivity index (χ3v) is 5.98. The molecule has 0 aliphatic carbocycles. The van der Waals surface area contributed by atoms with E-state index >= 15 is 0 Å². The molecule has 0 saturated carbocycles. The number of benzene rings is 2. The summed E-state index contributed by atoms with van der Waals surface area (Å²) in [7, 11) is 0. The Bertz CT molecular complexity index is 1540. The molecule has 182 valence electrons. The van der Waals surface area contributed by atoms with Crippen LogP contribution < -0.4 is 10.1 Å². The predicted octanol–water partition coefficient (Wildman–Crippen LogP) is 6.89. The lowest BCUT2D eigenvalue weighted by Crippen LogP contribution is -2.03. The quantitative estimate of drug-likeness (QED) is 0.261. The van der Waals surface area contributed by atoms with Crippen molar-refractivity contribution in [2.24, 2.45) is 0 Å². The molecule has 0 bridgehead atoms. The Morgan fingerprint density at radius 1 is 1.03 bits per heavy atom. The van der Waals surface area contributed by atoms with Gasteiger partial charge in [-0.3, -0.25) is 4.98 Å². The summed E-state index contributed by atoms with van der Waals surface area (Å²) in [5, 5.41) is 3.60.